The molecule has 88 valence electrons. The molecule has 0 radical (unpaired) electrons. The van der Waals surface area contributed by atoms with E-state index < -0.39 is 0 Å². The summed E-state index contributed by atoms with van der Waals surface area (Å²) in [4.78, 5) is 4.21. The Balaban J connectivity index is 1.92. The van der Waals surface area contributed by atoms with Gasteiger partial charge in [-0.15, -0.1) is 0 Å². The Hall–Kier alpha value is -2.06. The molecule has 2 aromatic carbocycles. The maximum Gasteiger partial charge on any atom is 0.130 e. The molecule has 0 bridgehead atoms. The number of rotatable bonds is 2. The predicted molar refractivity (Wildman–Crippen MR) is 76.5 cm³/mol. The molecule has 0 atom stereocenters. The van der Waals surface area contributed by atoms with E-state index in [0.29, 0.717) is 5.02 Å². The van der Waals surface area contributed by atoms with E-state index in [-0.39, 0.29) is 0 Å². The average Bonchev–Trinajstić information content (AvgIpc) is 2.41. The minimum absolute atomic E-state index is 0.638. The highest BCUT2D eigenvalue weighted by Crippen LogP contribution is 2.21. The summed E-state index contributed by atoms with van der Waals surface area (Å²) in [5.41, 5.74) is 1.02. The van der Waals surface area contributed by atoms with E-state index in [1.165, 1.54) is 10.8 Å². The second-order valence-corrected chi connectivity index (χ2v) is 4.49. The first-order valence-corrected chi connectivity index (χ1v) is 6.06. The van der Waals surface area contributed by atoms with E-state index in [0.717, 1.165) is 11.5 Å². The zero-order chi connectivity index (χ0) is 12.4. The van der Waals surface area contributed by atoms with Crippen molar-refractivity contribution in [2.24, 2.45) is 0 Å². The summed E-state index contributed by atoms with van der Waals surface area (Å²) < 4.78 is 0. The number of benzene rings is 2. The molecule has 0 unspecified atom stereocenters. The molecule has 0 spiro atoms. The van der Waals surface area contributed by atoms with Gasteiger partial charge < -0.3 is 5.32 Å². The van der Waals surface area contributed by atoms with Crippen LogP contribution in [0.25, 0.3) is 10.8 Å². The molecule has 18 heavy (non-hydrogen) atoms. The Labute approximate surface area is 110 Å². The number of hydrogen-bond acceptors (Lipinski definition) is 2. The van der Waals surface area contributed by atoms with Crippen LogP contribution in [0.5, 0.6) is 0 Å². The van der Waals surface area contributed by atoms with Crippen molar-refractivity contribution in [1.29, 1.82) is 0 Å². The largest absolute Gasteiger partial charge is 0.340 e. The summed E-state index contributed by atoms with van der Waals surface area (Å²) in [6, 6.07) is 18.2. The number of anilines is 2. The van der Waals surface area contributed by atoms with Gasteiger partial charge in [0.2, 0.25) is 0 Å². The molecule has 1 heterocycles. The Bertz CT molecular complexity index is 677. The standard InChI is InChI=1S/C15H11ClN2/c16-13-6-8-15(17-10-13)18-14-7-5-11-3-1-2-4-12(11)9-14/h1-10H,(H,17,18). The lowest BCUT2D eigenvalue weighted by Gasteiger charge is -2.06. The number of nitrogens with zero attached hydrogens (tertiary/aromatic N) is 1. The van der Waals surface area contributed by atoms with E-state index in [4.69, 9.17) is 11.6 Å². The molecular formula is C15H11ClN2. The van der Waals surface area contributed by atoms with E-state index in [9.17, 15) is 0 Å². The Morgan fingerprint density at radius 2 is 1.72 bits per heavy atom. The average molecular weight is 255 g/mol. The minimum atomic E-state index is 0.638. The summed E-state index contributed by atoms with van der Waals surface area (Å²) in [5.74, 6) is 0.787. The number of nitrogens with one attached hydrogen (secondary N) is 1. The van der Waals surface area contributed by atoms with Crippen molar-refractivity contribution in [3.8, 4) is 0 Å². The van der Waals surface area contributed by atoms with Crippen LogP contribution in [0.1, 0.15) is 0 Å². The van der Waals surface area contributed by atoms with Crippen molar-refractivity contribution in [3.63, 3.8) is 0 Å². The number of fused-ring (bicyclic) bond motifs is 1. The van der Waals surface area contributed by atoms with Crippen LogP contribution in [0, 0.1) is 0 Å². The maximum absolute atomic E-state index is 5.80. The molecule has 3 rings (SSSR count). The van der Waals surface area contributed by atoms with Gasteiger partial charge in [-0.1, -0.05) is 41.9 Å². The quantitative estimate of drug-likeness (QED) is 0.721. The van der Waals surface area contributed by atoms with Gasteiger partial charge in [0.15, 0.2) is 0 Å². The normalized spacial score (nSPS) is 10.5. The maximum atomic E-state index is 5.80. The molecule has 2 nitrogen and oxygen atoms in total. The van der Waals surface area contributed by atoms with E-state index in [2.05, 4.69) is 34.6 Å². The lowest BCUT2D eigenvalue weighted by atomic mass is 10.1. The zero-order valence-corrected chi connectivity index (χ0v) is 10.4. The third kappa shape index (κ3) is 2.29. The topological polar surface area (TPSA) is 24.9 Å². The van der Waals surface area contributed by atoms with Gasteiger partial charge in [-0.25, -0.2) is 4.98 Å². The van der Waals surface area contributed by atoms with Crippen LogP contribution < -0.4 is 5.32 Å². The number of aromatic nitrogens is 1. The second-order valence-electron chi connectivity index (χ2n) is 4.05. The van der Waals surface area contributed by atoms with Crippen LogP contribution >= 0.6 is 11.6 Å². The molecular weight excluding hydrogens is 244 g/mol. The van der Waals surface area contributed by atoms with Crippen molar-refractivity contribution >= 4 is 33.9 Å². The molecule has 3 heteroatoms. The van der Waals surface area contributed by atoms with Crippen LogP contribution in [-0.4, -0.2) is 4.98 Å². The fourth-order valence-electron chi connectivity index (χ4n) is 1.86. The van der Waals surface area contributed by atoms with Gasteiger partial charge in [-0.05, 0) is 35.0 Å². The van der Waals surface area contributed by atoms with Gasteiger partial charge in [0, 0.05) is 11.9 Å². The van der Waals surface area contributed by atoms with Crippen LogP contribution in [0.4, 0.5) is 11.5 Å². The monoisotopic (exact) mass is 254 g/mol. The van der Waals surface area contributed by atoms with Gasteiger partial charge in [0.05, 0.1) is 5.02 Å². The van der Waals surface area contributed by atoms with Crippen molar-refractivity contribution in [3.05, 3.63) is 65.8 Å². The number of pyridine rings is 1. The molecule has 0 aliphatic carbocycles. The lowest BCUT2D eigenvalue weighted by Crippen LogP contribution is -1.92. The zero-order valence-electron chi connectivity index (χ0n) is 9.60. The fourth-order valence-corrected chi connectivity index (χ4v) is 1.98. The first kappa shape index (κ1) is 11.1. The van der Waals surface area contributed by atoms with Crippen LogP contribution in [0.3, 0.4) is 0 Å². The van der Waals surface area contributed by atoms with Crippen LogP contribution in [0.2, 0.25) is 5.02 Å². The van der Waals surface area contributed by atoms with Gasteiger partial charge in [0.1, 0.15) is 5.82 Å². The number of halogens is 1. The molecule has 0 saturated heterocycles. The second kappa shape index (κ2) is 4.67. The first-order chi connectivity index (χ1) is 8.81. The van der Waals surface area contributed by atoms with Crippen molar-refractivity contribution in [1.82, 2.24) is 4.98 Å². The van der Waals surface area contributed by atoms with Crippen molar-refractivity contribution in [2.45, 2.75) is 0 Å². The third-order valence-corrected chi connectivity index (χ3v) is 2.97. The summed E-state index contributed by atoms with van der Waals surface area (Å²) in [5, 5.41) is 6.33. The summed E-state index contributed by atoms with van der Waals surface area (Å²) >= 11 is 5.80. The van der Waals surface area contributed by atoms with E-state index in [1.54, 1.807) is 6.20 Å². The lowest BCUT2D eigenvalue weighted by molar-refractivity contribution is 1.31. The highest BCUT2D eigenvalue weighted by molar-refractivity contribution is 6.30. The molecule has 1 N–H and O–H groups in total. The SMILES string of the molecule is Clc1ccc(Nc2ccc3ccccc3c2)nc1. The summed E-state index contributed by atoms with van der Waals surface area (Å²) in [6.45, 7) is 0. The Morgan fingerprint density at radius 3 is 2.50 bits per heavy atom. The minimum Gasteiger partial charge on any atom is -0.340 e. The van der Waals surface area contributed by atoms with Gasteiger partial charge >= 0.3 is 0 Å². The van der Waals surface area contributed by atoms with Crippen molar-refractivity contribution < 1.29 is 0 Å². The molecule has 0 amide bonds. The van der Waals surface area contributed by atoms with Gasteiger partial charge in [-0.2, -0.15) is 0 Å². The molecule has 0 saturated carbocycles. The smallest absolute Gasteiger partial charge is 0.130 e. The summed E-state index contributed by atoms with van der Waals surface area (Å²) in [7, 11) is 0. The van der Waals surface area contributed by atoms with Crippen LogP contribution in [0.15, 0.2) is 60.8 Å². The van der Waals surface area contributed by atoms with Crippen molar-refractivity contribution in [2.75, 3.05) is 5.32 Å². The molecule has 1 aromatic heterocycles. The molecule has 0 aliphatic rings. The third-order valence-electron chi connectivity index (χ3n) is 2.75. The Morgan fingerprint density at radius 1 is 0.889 bits per heavy atom. The predicted octanol–water partition coefficient (Wildman–Crippen LogP) is 4.63. The first-order valence-electron chi connectivity index (χ1n) is 5.69. The van der Waals surface area contributed by atoms with E-state index >= 15 is 0 Å². The Kier molecular flexibility index (Phi) is 2.87. The highest BCUT2D eigenvalue weighted by atomic mass is 35.5. The van der Waals surface area contributed by atoms with E-state index in [1.807, 2.05) is 30.3 Å². The summed E-state index contributed by atoms with van der Waals surface area (Å²) in [6.07, 6.45) is 1.63. The van der Waals surface area contributed by atoms with Crippen LogP contribution in [-0.2, 0) is 0 Å². The van der Waals surface area contributed by atoms with Gasteiger partial charge in [0.25, 0.3) is 0 Å². The van der Waals surface area contributed by atoms with Gasteiger partial charge in [-0.3, -0.25) is 0 Å². The number of hydrogen-bond donors (Lipinski definition) is 1. The fraction of sp³-hybridized carbons (Fsp3) is 0. The molecule has 3 aromatic rings. The molecule has 0 aliphatic heterocycles. The highest BCUT2D eigenvalue weighted by Gasteiger charge is 1.98. The molecule has 0 fully saturated rings.